The van der Waals surface area contributed by atoms with Gasteiger partial charge in [0.05, 0.1) is 12.1 Å². The van der Waals surface area contributed by atoms with Gasteiger partial charge in [-0.2, -0.15) is 0 Å². The summed E-state index contributed by atoms with van der Waals surface area (Å²) in [5, 5.41) is 4.65. The van der Waals surface area contributed by atoms with Gasteiger partial charge >= 0.3 is 0 Å². The maximum Gasteiger partial charge on any atom is 0.138 e. The van der Waals surface area contributed by atoms with Crippen molar-refractivity contribution >= 4 is 23.2 Å². The highest BCUT2D eigenvalue weighted by Gasteiger charge is 2.21. The van der Waals surface area contributed by atoms with E-state index in [0.717, 1.165) is 12.0 Å². The van der Waals surface area contributed by atoms with Crippen LogP contribution < -0.4 is 10.1 Å². The van der Waals surface area contributed by atoms with E-state index >= 15 is 0 Å². The van der Waals surface area contributed by atoms with Crippen LogP contribution in [0, 0.1) is 11.3 Å². The zero-order chi connectivity index (χ0) is 16.2. The minimum Gasteiger partial charge on any atom is -0.495 e. The molecule has 0 radical (unpaired) electrons. The molecule has 0 aliphatic rings. The molecule has 2 unspecified atom stereocenters. The van der Waals surface area contributed by atoms with Gasteiger partial charge in [-0.05, 0) is 42.9 Å². The van der Waals surface area contributed by atoms with Gasteiger partial charge in [0.15, 0.2) is 0 Å². The Balaban J connectivity index is 2.93. The summed E-state index contributed by atoms with van der Waals surface area (Å²) in [6, 6.07) is 3.89. The molecule has 0 heterocycles. The number of benzene rings is 1. The Hall–Kier alpha value is -0.440. The zero-order valence-corrected chi connectivity index (χ0v) is 15.4. The van der Waals surface area contributed by atoms with E-state index in [9.17, 15) is 0 Å². The van der Waals surface area contributed by atoms with Gasteiger partial charge in [0.25, 0.3) is 0 Å². The van der Waals surface area contributed by atoms with Crippen molar-refractivity contribution in [1.29, 1.82) is 0 Å². The van der Waals surface area contributed by atoms with E-state index in [1.807, 2.05) is 13.1 Å². The molecule has 1 rings (SSSR count). The van der Waals surface area contributed by atoms with Crippen molar-refractivity contribution in [2.24, 2.45) is 11.3 Å². The fourth-order valence-corrected chi connectivity index (χ4v) is 3.43. The second kappa shape index (κ2) is 7.71. The molecule has 0 saturated carbocycles. The molecule has 0 spiro atoms. The lowest BCUT2D eigenvalue weighted by Crippen LogP contribution is -2.21. The number of methoxy groups -OCH3 is 1. The van der Waals surface area contributed by atoms with Crippen molar-refractivity contribution in [1.82, 2.24) is 5.32 Å². The molecule has 0 amide bonds. The number of ether oxygens (including phenoxy) is 1. The number of hydrogen-bond acceptors (Lipinski definition) is 2. The van der Waals surface area contributed by atoms with Crippen LogP contribution in [0.2, 0.25) is 10.0 Å². The van der Waals surface area contributed by atoms with Crippen LogP contribution >= 0.6 is 23.2 Å². The molecule has 2 nitrogen and oxygen atoms in total. The first-order chi connectivity index (χ1) is 9.67. The number of hydrogen-bond donors (Lipinski definition) is 1. The predicted molar refractivity (Wildman–Crippen MR) is 92.7 cm³/mol. The molecule has 0 fully saturated rings. The maximum absolute atomic E-state index is 6.39. The summed E-state index contributed by atoms with van der Waals surface area (Å²) in [5.41, 5.74) is 1.37. The molecule has 0 saturated heterocycles. The average molecular weight is 332 g/mol. The van der Waals surface area contributed by atoms with Crippen LogP contribution in [0.4, 0.5) is 0 Å². The van der Waals surface area contributed by atoms with Gasteiger partial charge in [0.2, 0.25) is 0 Å². The van der Waals surface area contributed by atoms with Crippen molar-refractivity contribution in [3.05, 3.63) is 27.7 Å². The SMILES string of the molecule is CNC(CC(C)CC(C)(C)C)c1cc(Cl)c(OC)cc1Cl. The van der Waals surface area contributed by atoms with Crippen molar-refractivity contribution in [2.75, 3.05) is 14.2 Å². The van der Waals surface area contributed by atoms with Gasteiger partial charge in [-0.25, -0.2) is 0 Å². The summed E-state index contributed by atoms with van der Waals surface area (Å²) in [5.74, 6) is 1.21. The van der Waals surface area contributed by atoms with Crippen molar-refractivity contribution in [3.63, 3.8) is 0 Å². The van der Waals surface area contributed by atoms with Gasteiger partial charge in [0, 0.05) is 17.1 Å². The molecule has 21 heavy (non-hydrogen) atoms. The molecule has 2 atom stereocenters. The maximum atomic E-state index is 6.39. The molecule has 0 aliphatic carbocycles. The van der Waals surface area contributed by atoms with Gasteiger partial charge < -0.3 is 10.1 Å². The lowest BCUT2D eigenvalue weighted by molar-refractivity contribution is 0.279. The first-order valence-electron chi connectivity index (χ1n) is 7.38. The van der Waals surface area contributed by atoms with Crippen LogP contribution in [0.25, 0.3) is 0 Å². The molecular weight excluding hydrogens is 305 g/mol. The van der Waals surface area contributed by atoms with E-state index in [0.29, 0.717) is 27.1 Å². The molecular formula is C17H27Cl2NO. The Morgan fingerprint density at radius 1 is 1.19 bits per heavy atom. The second-order valence-corrected chi connectivity index (χ2v) is 7.77. The fraction of sp³-hybridized carbons (Fsp3) is 0.647. The first-order valence-corrected chi connectivity index (χ1v) is 8.13. The summed E-state index contributed by atoms with van der Waals surface area (Å²) in [6.45, 7) is 9.11. The Morgan fingerprint density at radius 3 is 2.29 bits per heavy atom. The third-order valence-corrected chi connectivity index (χ3v) is 4.22. The minimum absolute atomic E-state index is 0.193. The monoisotopic (exact) mass is 331 g/mol. The minimum atomic E-state index is 0.193. The molecule has 1 aromatic rings. The van der Waals surface area contributed by atoms with E-state index in [2.05, 4.69) is 33.0 Å². The third-order valence-electron chi connectivity index (χ3n) is 3.59. The molecule has 0 aromatic heterocycles. The predicted octanol–water partition coefficient (Wildman–Crippen LogP) is 5.72. The lowest BCUT2D eigenvalue weighted by atomic mass is 9.82. The van der Waals surface area contributed by atoms with Gasteiger partial charge in [-0.3, -0.25) is 0 Å². The van der Waals surface area contributed by atoms with Crippen LogP contribution in [0.1, 0.15) is 52.1 Å². The van der Waals surface area contributed by atoms with Gasteiger partial charge in [-0.15, -0.1) is 0 Å². The molecule has 1 aromatic carbocycles. The normalized spacial score (nSPS) is 14.9. The van der Waals surface area contributed by atoms with Gasteiger partial charge in [0.1, 0.15) is 5.75 Å². The molecule has 0 aliphatic heterocycles. The van der Waals surface area contributed by atoms with Crippen LogP contribution in [0.15, 0.2) is 12.1 Å². The largest absolute Gasteiger partial charge is 0.495 e. The van der Waals surface area contributed by atoms with E-state index in [4.69, 9.17) is 27.9 Å². The highest BCUT2D eigenvalue weighted by atomic mass is 35.5. The number of halogens is 2. The summed E-state index contributed by atoms with van der Waals surface area (Å²) >= 11 is 12.6. The highest BCUT2D eigenvalue weighted by Crippen LogP contribution is 2.37. The number of rotatable bonds is 6. The van der Waals surface area contributed by atoms with E-state index in [1.165, 1.54) is 6.42 Å². The topological polar surface area (TPSA) is 21.3 Å². The quantitative estimate of drug-likeness (QED) is 0.719. The Kier molecular flexibility index (Phi) is 6.83. The molecule has 4 heteroatoms. The van der Waals surface area contributed by atoms with Crippen LogP contribution in [0.5, 0.6) is 5.75 Å². The summed E-state index contributed by atoms with van der Waals surface area (Å²) in [6.07, 6.45) is 2.20. The Bertz CT molecular complexity index is 469. The summed E-state index contributed by atoms with van der Waals surface area (Å²) in [4.78, 5) is 0. The standard InChI is InChI=1S/C17H27Cl2NO/c1-11(10-17(2,3)4)7-15(20-5)12-8-14(19)16(21-6)9-13(12)18/h8-9,11,15,20H,7,10H2,1-6H3. The van der Waals surface area contributed by atoms with Crippen molar-refractivity contribution < 1.29 is 4.74 Å². The zero-order valence-electron chi connectivity index (χ0n) is 13.9. The van der Waals surface area contributed by atoms with Crippen molar-refractivity contribution in [3.8, 4) is 5.75 Å². The van der Waals surface area contributed by atoms with Crippen LogP contribution in [-0.2, 0) is 0 Å². The third kappa shape index (κ3) is 5.69. The lowest BCUT2D eigenvalue weighted by Gasteiger charge is -2.27. The average Bonchev–Trinajstić information content (AvgIpc) is 2.36. The molecule has 0 bridgehead atoms. The van der Waals surface area contributed by atoms with Crippen LogP contribution in [-0.4, -0.2) is 14.2 Å². The summed E-state index contributed by atoms with van der Waals surface area (Å²) < 4.78 is 5.20. The fourth-order valence-electron chi connectivity index (χ4n) is 2.90. The molecule has 1 N–H and O–H groups in total. The second-order valence-electron chi connectivity index (χ2n) is 6.96. The Labute approximate surface area is 139 Å². The van der Waals surface area contributed by atoms with Gasteiger partial charge in [-0.1, -0.05) is 50.9 Å². The van der Waals surface area contributed by atoms with E-state index in [1.54, 1.807) is 13.2 Å². The van der Waals surface area contributed by atoms with Crippen LogP contribution in [0.3, 0.4) is 0 Å². The first kappa shape index (κ1) is 18.6. The summed E-state index contributed by atoms with van der Waals surface area (Å²) in [7, 11) is 3.56. The molecule has 120 valence electrons. The highest BCUT2D eigenvalue weighted by molar-refractivity contribution is 6.34. The van der Waals surface area contributed by atoms with E-state index < -0.39 is 0 Å². The number of nitrogens with one attached hydrogen (secondary N) is 1. The smallest absolute Gasteiger partial charge is 0.138 e. The van der Waals surface area contributed by atoms with Crippen molar-refractivity contribution in [2.45, 2.75) is 46.6 Å². The Morgan fingerprint density at radius 2 is 1.81 bits per heavy atom. The van der Waals surface area contributed by atoms with E-state index in [-0.39, 0.29) is 6.04 Å².